The van der Waals surface area contributed by atoms with Crippen molar-refractivity contribution in [2.75, 3.05) is 13.1 Å². The molecule has 1 aliphatic rings. The Balaban J connectivity index is 1.92. The molecule has 0 spiro atoms. The van der Waals surface area contributed by atoms with Crippen molar-refractivity contribution < 1.29 is 4.79 Å². The number of aromatic nitrogens is 1. The summed E-state index contributed by atoms with van der Waals surface area (Å²) in [5.74, 6) is 0.536. The van der Waals surface area contributed by atoms with E-state index >= 15 is 0 Å². The molecule has 1 aromatic heterocycles. The Morgan fingerprint density at radius 2 is 2.05 bits per heavy atom. The minimum atomic E-state index is -0.172. The fraction of sp³-hybridized carbons (Fsp3) is 0.333. The Hall–Kier alpha value is -2.36. The van der Waals surface area contributed by atoms with Gasteiger partial charge in [-0.25, -0.2) is 0 Å². The van der Waals surface area contributed by atoms with Gasteiger partial charge in [0.15, 0.2) is 0 Å². The SMILES string of the molecule is CC1CCCN(C(=O)c2c[nH]c(=O)c(-c3ccccc3)c2)C1. The van der Waals surface area contributed by atoms with Gasteiger partial charge in [-0.3, -0.25) is 9.59 Å². The third-order valence-corrected chi connectivity index (χ3v) is 4.18. The number of benzene rings is 1. The van der Waals surface area contributed by atoms with Crippen LogP contribution in [0.2, 0.25) is 0 Å². The summed E-state index contributed by atoms with van der Waals surface area (Å²) >= 11 is 0. The summed E-state index contributed by atoms with van der Waals surface area (Å²) in [6, 6.07) is 11.1. The first-order valence-electron chi connectivity index (χ1n) is 7.72. The number of nitrogens with one attached hydrogen (secondary N) is 1. The van der Waals surface area contributed by atoms with E-state index in [-0.39, 0.29) is 11.5 Å². The van der Waals surface area contributed by atoms with Crippen LogP contribution in [0.1, 0.15) is 30.1 Å². The Bertz CT molecular complexity index is 721. The molecular formula is C18H20N2O2. The molecule has 2 aromatic rings. The van der Waals surface area contributed by atoms with E-state index in [0.29, 0.717) is 17.0 Å². The summed E-state index contributed by atoms with van der Waals surface area (Å²) in [4.78, 5) is 29.3. The van der Waals surface area contributed by atoms with Crippen LogP contribution in [0.3, 0.4) is 0 Å². The van der Waals surface area contributed by atoms with E-state index in [1.165, 1.54) is 12.6 Å². The second kappa shape index (κ2) is 6.18. The Morgan fingerprint density at radius 1 is 1.27 bits per heavy atom. The van der Waals surface area contributed by atoms with Gasteiger partial charge in [-0.05, 0) is 30.4 Å². The summed E-state index contributed by atoms with van der Waals surface area (Å²) < 4.78 is 0. The van der Waals surface area contributed by atoms with Gasteiger partial charge < -0.3 is 9.88 Å². The van der Waals surface area contributed by atoms with E-state index in [9.17, 15) is 9.59 Å². The van der Waals surface area contributed by atoms with Crippen molar-refractivity contribution in [3.8, 4) is 11.1 Å². The number of hydrogen-bond donors (Lipinski definition) is 1. The summed E-state index contributed by atoms with van der Waals surface area (Å²) in [5, 5.41) is 0. The number of pyridine rings is 1. The molecule has 114 valence electrons. The van der Waals surface area contributed by atoms with Crippen molar-refractivity contribution in [2.45, 2.75) is 19.8 Å². The highest BCUT2D eigenvalue weighted by atomic mass is 16.2. The van der Waals surface area contributed by atoms with Gasteiger partial charge in [0, 0.05) is 24.8 Å². The largest absolute Gasteiger partial charge is 0.338 e. The van der Waals surface area contributed by atoms with Crippen molar-refractivity contribution in [2.24, 2.45) is 5.92 Å². The molecule has 1 unspecified atom stereocenters. The zero-order valence-corrected chi connectivity index (χ0v) is 12.7. The van der Waals surface area contributed by atoms with Gasteiger partial charge in [0.25, 0.3) is 11.5 Å². The number of piperidine rings is 1. The van der Waals surface area contributed by atoms with E-state index in [2.05, 4.69) is 11.9 Å². The molecule has 1 N–H and O–H groups in total. The van der Waals surface area contributed by atoms with Crippen molar-refractivity contribution in [3.05, 3.63) is 58.5 Å². The summed E-state index contributed by atoms with van der Waals surface area (Å²) in [6.07, 6.45) is 3.74. The van der Waals surface area contributed by atoms with E-state index < -0.39 is 0 Å². The lowest BCUT2D eigenvalue weighted by Gasteiger charge is -2.31. The third kappa shape index (κ3) is 2.96. The van der Waals surface area contributed by atoms with Gasteiger partial charge in [-0.15, -0.1) is 0 Å². The van der Waals surface area contributed by atoms with Crippen LogP contribution in [0.5, 0.6) is 0 Å². The molecule has 22 heavy (non-hydrogen) atoms. The molecule has 2 heterocycles. The number of likely N-dealkylation sites (tertiary alicyclic amines) is 1. The average molecular weight is 296 g/mol. The second-order valence-electron chi connectivity index (χ2n) is 6.00. The van der Waals surface area contributed by atoms with Crippen LogP contribution in [-0.2, 0) is 0 Å². The highest BCUT2D eigenvalue weighted by Gasteiger charge is 2.22. The molecule has 4 nitrogen and oxygen atoms in total. The molecule has 0 saturated carbocycles. The van der Waals surface area contributed by atoms with E-state index in [1.807, 2.05) is 35.2 Å². The molecule has 1 fully saturated rings. The highest BCUT2D eigenvalue weighted by Crippen LogP contribution is 2.20. The molecule has 0 bridgehead atoms. The van der Waals surface area contributed by atoms with Gasteiger partial charge in [-0.2, -0.15) is 0 Å². The van der Waals surface area contributed by atoms with Gasteiger partial charge in [0.2, 0.25) is 0 Å². The average Bonchev–Trinajstić information content (AvgIpc) is 2.55. The van der Waals surface area contributed by atoms with Crippen LogP contribution < -0.4 is 5.56 Å². The lowest BCUT2D eigenvalue weighted by atomic mass is 9.99. The number of carbonyl (C=O) groups excluding carboxylic acids is 1. The molecule has 1 aromatic carbocycles. The van der Waals surface area contributed by atoms with Gasteiger partial charge in [0.05, 0.1) is 5.56 Å². The summed E-state index contributed by atoms with van der Waals surface area (Å²) in [5.41, 5.74) is 1.74. The van der Waals surface area contributed by atoms with E-state index in [1.54, 1.807) is 6.07 Å². The topological polar surface area (TPSA) is 53.2 Å². The smallest absolute Gasteiger partial charge is 0.255 e. The molecule has 1 aliphatic heterocycles. The number of amides is 1. The number of rotatable bonds is 2. The maximum atomic E-state index is 12.6. The second-order valence-corrected chi connectivity index (χ2v) is 6.00. The molecule has 4 heteroatoms. The van der Waals surface area contributed by atoms with Crippen LogP contribution >= 0.6 is 0 Å². The fourth-order valence-electron chi connectivity index (χ4n) is 3.00. The van der Waals surface area contributed by atoms with Crippen molar-refractivity contribution >= 4 is 5.91 Å². The quantitative estimate of drug-likeness (QED) is 0.926. The van der Waals surface area contributed by atoms with Crippen molar-refractivity contribution in [1.82, 2.24) is 9.88 Å². The normalized spacial score (nSPS) is 18.2. The monoisotopic (exact) mass is 296 g/mol. The Kier molecular flexibility index (Phi) is 4.09. The lowest BCUT2D eigenvalue weighted by Crippen LogP contribution is -2.39. The maximum absolute atomic E-state index is 12.6. The molecule has 1 saturated heterocycles. The minimum absolute atomic E-state index is 0.0000175. The van der Waals surface area contributed by atoms with Gasteiger partial charge in [0.1, 0.15) is 0 Å². The molecule has 0 radical (unpaired) electrons. The van der Waals surface area contributed by atoms with E-state index in [4.69, 9.17) is 0 Å². The van der Waals surface area contributed by atoms with Crippen LogP contribution in [0.4, 0.5) is 0 Å². The number of hydrogen-bond acceptors (Lipinski definition) is 2. The first-order valence-corrected chi connectivity index (χ1v) is 7.72. The molecular weight excluding hydrogens is 276 g/mol. The Morgan fingerprint density at radius 3 is 2.77 bits per heavy atom. The molecule has 1 atom stereocenters. The zero-order valence-electron chi connectivity index (χ0n) is 12.7. The van der Waals surface area contributed by atoms with Crippen LogP contribution in [0.25, 0.3) is 11.1 Å². The number of carbonyl (C=O) groups is 1. The number of H-pyrrole nitrogens is 1. The third-order valence-electron chi connectivity index (χ3n) is 4.18. The van der Waals surface area contributed by atoms with Gasteiger partial charge >= 0.3 is 0 Å². The molecule has 1 amide bonds. The van der Waals surface area contributed by atoms with Crippen molar-refractivity contribution in [1.29, 1.82) is 0 Å². The lowest BCUT2D eigenvalue weighted by molar-refractivity contribution is 0.0682. The highest BCUT2D eigenvalue weighted by molar-refractivity contribution is 5.95. The van der Waals surface area contributed by atoms with Crippen LogP contribution in [0, 0.1) is 5.92 Å². The maximum Gasteiger partial charge on any atom is 0.255 e. The van der Waals surface area contributed by atoms with Crippen LogP contribution in [-0.4, -0.2) is 28.9 Å². The summed E-state index contributed by atoms with van der Waals surface area (Å²) in [7, 11) is 0. The first-order chi connectivity index (χ1) is 10.6. The Labute approximate surface area is 129 Å². The van der Waals surface area contributed by atoms with Crippen molar-refractivity contribution in [3.63, 3.8) is 0 Å². The summed E-state index contributed by atoms with van der Waals surface area (Å²) in [6.45, 7) is 3.75. The molecule has 3 rings (SSSR count). The fourth-order valence-corrected chi connectivity index (χ4v) is 3.00. The minimum Gasteiger partial charge on any atom is -0.338 e. The first kappa shape index (κ1) is 14.6. The predicted molar refractivity (Wildman–Crippen MR) is 86.8 cm³/mol. The van der Waals surface area contributed by atoms with Crippen LogP contribution in [0.15, 0.2) is 47.4 Å². The van der Waals surface area contributed by atoms with Gasteiger partial charge in [-0.1, -0.05) is 37.3 Å². The zero-order chi connectivity index (χ0) is 15.5. The molecule has 0 aliphatic carbocycles. The standard InChI is InChI=1S/C18H20N2O2/c1-13-6-5-9-20(12-13)18(22)15-10-16(17(21)19-11-15)14-7-3-2-4-8-14/h2-4,7-8,10-11,13H,5-6,9,12H2,1H3,(H,19,21). The van der Waals surface area contributed by atoms with E-state index in [0.717, 1.165) is 25.1 Å². The number of nitrogens with zero attached hydrogens (tertiary/aromatic N) is 1. The predicted octanol–water partition coefficient (Wildman–Crippen LogP) is 2.91. The number of aromatic amines is 1.